The topological polar surface area (TPSA) is 40.1 Å². The Morgan fingerprint density at radius 1 is 1.00 bits per heavy atom. The molecule has 0 unspecified atom stereocenters. The van der Waals surface area contributed by atoms with Crippen LogP contribution in [-0.4, -0.2) is 45.8 Å². The van der Waals surface area contributed by atoms with E-state index in [4.69, 9.17) is 12.2 Å². The third-order valence-electron chi connectivity index (χ3n) is 5.01. The van der Waals surface area contributed by atoms with Gasteiger partial charge in [-0.25, -0.2) is 4.68 Å². The maximum atomic E-state index is 5.44. The van der Waals surface area contributed by atoms with Gasteiger partial charge in [-0.1, -0.05) is 48.5 Å². The molecule has 3 aromatic rings. The van der Waals surface area contributed by atoms with E-state index in [0.29, 0.717) is 4.77 Å². The van der Waals surface area contributed by atoms with Gasteiger partial charge in [-0.2, -0.15) is 4.98 Å². The van der Waals surface area contributed by atoms with Gasteiger partial charge in [0.2, 0.25) is 4.77 Å². The van der Waals surface area contributed by atoms with Crippen molar-refractivity contribution in [3.05, 3.63) is 76.3 Å². The molecule has 0 atom stereocenters. The molecule has 1 fully saturated rings. The van der Waals surface area contributed by atoms with Crippen molar-refractivity contribution in [2.45, 2.75) is 13.6 Å². The van der Waals surface area contributed by atoms with Crippen LogP contribution in [0.25, 0.3) is 12.2 Å². The SMILES string of the molecule is Cc1cccc(N2CCN(Cn3[nH]c(C=Cc4ccccc4)nc3=S)CC2)c1. The van der Waals surface area contributed by atoms with E-state index in [1.165, 1.54) is 11.3 Å². The highest BCUT2D eigenvalue weighted by molar-refractivity contribution is 7.71. The van der Waals surface area contributed by atoms with E-state index in [1.807, 2.05) is 35.0 Å². The van der Waals surface area contributed by atoms with Crippen molar-refractivity contribution in [2.75, 3.05) is 31.1 Å². The molecule has 1 N–H and O–H groups in total. The van der Waals surface area contributed by atoms with Gasteiger partial charge in [-0.15, -0.1) is 0 Å². The van der Waals surface area contributed by atoms with Gasteiger partial charge in [0.05, 0.1) is 6.67 Å². The number of aromatic nitrogens is 3. The highest BCUT2D eigenvalue weighted by Crippen LogP contribution is 2.18. The van der Waals surface area contributed by atoms with Crippen molar-refractivity contribution in [1.29, 1.82) is 0 Å². The number of hydrogen-bond acceptors (Lipinski definition) is 4. The number of aryl methyl sites for hydroxylation is 1. The lowest BCUT2D eigenvalue weighted by molar-refractivity contribution is 0.194. The first-order chi connectivity index (χ1) is 13.7. The number of H-pyrrole nitrogens is 1. The van der Waals surface area contributed by atoms with Crippen LogP contribution in [-0.2, 0) is 6.67 Å². The zero-order chi connectivity index (χ0) is 19.3. The molecule has 28 heavy (non-hydrogen) atoms. The fraction of sp³-hybridized carbons (Fsp3) is 0.273. The minimum absolute atomic E-state index is 0.592. The van der Waals surface area contributed by atoms with Gasteiger partial charge in [-0.3, -0.25) is 10.00 Å². The number of hydrogen-bond donors (Lipinski definition) is 1. The number of piperazine rings is 1. The number of rotatable bonds is 5. The molecule has 0 bridgehead atoms. The van der Waals surface area contributed by atoms with Crippen LogP contribution in [0.3, 0.4) is 0 Å². The molecule has 2 aromatic carbocycles. The van der Waals surface area contributed by atoms with Gasteiger partial charge >= 0.3 is 0 Å². The Labute approximate surface area is 170 Å². The summed E-state index contributed by atoms with van der Waals surface area (Å²) in [6.45, 7) is 6.93. The summed E-state index contributed by atoms with van der Waals surface area (Å²) in [5, 5.41) is 3.31. The summed E-state index contributed by atoms with van der Waals surface area (Å²) in [6, 6.07) is 18.9. The predicted molar refractivity (Wildman–Crippen MR) is 118 cm³/mol. The summed E-state index contributed by atoms with van der Waals surface area (Å²) >= 11 is 5.44. The Hall–Kier alpha value is -2.70. The zero-order valence-corrected chi connectivity index (χ0v) is 16.9. The molecule has 0 saturated carbocycles. The molecule has 144 valence electrons. The summed E-state index contributed by atoms with van der Waals surface area (Å²) in [6.07, 6.45) is 4.01. The molecule has 5 nitrogen and oxygen atoms in total. The minimum atomic E-state index is 0.592. The summed E-state index contributed by atoms with van der Waals surface area (Å²) in [7, 11) is 0. The second-order valence-corrected chi connectivity index (χ2v) is 7.51. The Balaban J connectivity index is 1.36. The van der Waals surface area contributed by atoms with E-state index in [0.717, 1.165) is 44.2 Å². The van der Waals surface area contributed by atoms with Crippen LogP contribution in [0.5, 0.6) is 0 Å². The summed E-state index contributed by atoms with van der Waals surface area (Å²) < 4.78 is 2.54. The van der Waals surface area contributed by atoms with E-state index in [9.17, 15) is 0 Å². The zero-order valence-electron chi connectivity index (χ0n) is 16.1. The highest BCUT2D eigenvalue weighted by atomic mass is 32.1. The number of nitrogens with zero attached hydrogens (tertiary/aromatic N) is 4. The Morgan fingerprint density at radius 3 is 2.54 bits per heavy atom. The van der Waals surface area contributed by atoms with Crippen LogP contribution >= 0.6 is 12.2 Å². The average Bonchev–Trinajstić information content (AvgIpc) is 3.07. The normalized spacial score (nSPS) is 15.4. The number of aromatic amines is 1. The molecule has 1 saturated heterocycles. The number of benzene rings is 2. The molecule has 0 radical (unpaired) electrons. The van der Waals surface area contributed by atoms with Crippen molar-refractivity contribution in [2.24, 2.45) is 0 Å². The summed E-state index contributed by atoms with van der Waals surface area (Å²) in [4.78, 5) is 9.32. The standard InChI is InChI=1S/C22H25N5S/c1-18-6-5-9-20(16-18)26-14-12-25(13-15-26)17-27-22(28)23-21(24-27)11-10-19-7-3-2-4-8-19/h2-11,16H,12-15,17H2,1H3,(H,23,24,28). The van der Waals surface area contributed by atoms with Crippen LogP contribution in [0.4, 0.5) is 5.69 Å². The van der Waals surface area contributed by atoms with E-state index in [-0.39, 0.29) is 0 Å². The quantitative estimate of drug-likeness (QED) is 0.662. The fourth-order valence-corrected chi connectivity index (χ4v) is 3.66. The van der Waals surface area contributed by atoms with Gasteiger partial charge in [0.15, 0.2) is 0 Å². The van der Waals surface area contributed by atoms with Crippen LogP contribution < -0.4 is 4.90 Å². The van der Waals surface area contributed by atoms with Crippen LogP contribution in [0, 0.1) is 11.7 Å². The van der Waals surface area contributed by atoms with Crippen molar-refractivity contribution in [3.8, 4) is 0 Å². The smallest absolute Gasteiger partial charge is 0.217 e. The second kappa shape index (κ2) is 8.54. The second-order valence-electron chi connectivity index (χ2n) is 7.15. The van der Waals surface area contributed by atoms with E-state index < -0.39 is 0 Å². The Kier molecular flexibility index (Phi) is 5.69. The number of anilines is 1. The molecule has 1 aliphatic rings. The molecule has 0 aliphatic carbocycles. The third-order valence-corrected chi connectivity index (χ3v) is 5.32. The molecule has 4 rings (SSSR count). The maximum absolute atomic E-state index is 5.44. The first-order valence-electron chi connectivity index (χ1n) is 9.61. The van der Waals surface area contributed by atoms with Gasteiger partial charge in [0.25, 0.3) is 0 Å². The summed E-state index contributed by atoms with van der Waals surface area (Å²) in [5.74, 6) is 0.784. The molecule has 6 heteroatoms. The van der Waals surface area contributed by atoms with Crippen LogP contribution in [0.1, 0.15) is 17.0 Å². The first kappa shape index (κ1) is 18.7. The lowest BCUT2D eigenvalue weighted by Gasteiger charge is -2.36. The van der Waals surface area contributed by atoms with Gasteiger partial charge in [0, 0.05) is 31.9 Å². The largest absolute Gasteiger partial charge is 0.369 e. The van der Waals surface area contributed by atoms with Gasteiger partial charge in [-0.05, 0) is 48.5 Å². The van der Waals surface area contributed by atoms with Gasteiger partial charge < -0.3 is 4.90 Å². The van der Waals surface area contributed by atoms with Gasteiger partial charge in [0.1, 0.15) is 5.82 Å². The maximum Gasteiger partial charge on any atom is 0.217 e. The summed E-state index contributed by atoms with van der Waals surface area (Å²) in [5.41, 5.74) is 3.76. The monoisotopic (exact) mass is 391 g/mol. The van der Waals surface area contributed by atoms with Crippen molar-refractivity contribution in [3.63, 3.8) is 0 Å². The van der Waals surface area contributed by atoms with E-state index in [2.05, 4.69) is 63.2 Å². The molecular formula is C22H25N5S. The third kappa shape index (κ3) is 4.58. The lowest BCUT2D eigenvalue weighted by atomic mass is 10.2. The van der Waals surface area contributed by atoms with E-state index >= 15 is 0 Å². The molecule has 1 aliphatic heterocycles. The first-order valence-corrected chi connectivity index (χ1v) is 10.0. The Bertz CT molecular complexity index is 997. The van der Waals surface area contributed by atoms with Crippen LogP contribution in [0.2, 0.25) is 0 Å². The van der Waals surface area contributed by atoms with Crippen LogP contribution in [0.15, 0.2) is 54.6 Å². The van der Waals surface area contributed by atoms with Crippen molar-refractivity contribution in [1.82, 2.24) is 19.7 Å². The Morgan fingerprint density at radius 2 is 1.79 bits per heavy atom. The fourth-order valence-electron chi connectivity index (χ4n) is 3.46. The predicted octanol–water partition coefficient (Wildman–Crippen LogP) is 4.20. The van der Waals surface area contributed by atoms with E-state index in [1.54, 1.807) is 0 Å². The average molecular weight is 392 g/mol. The molecule has 0 amide bonds. The van der Waals surface area contributed by atoms with Crippen molar-refractivity contribution >= 4 is 30.1 Å². The molecular weight excluding hydrogens is 366 g/mol. The number of nitrogens with one attached hydrogen (secondary N) is 1. The molecule has 1 aromatic heterocycles. The van der Waals surface area contributed by atoms with Crippen molar-refractivity contribution < 1.29 is 0 Å². The minimum Gasteiger partial charge on any atom is -0.369 e. The lowest BCUT2D eigenvalue weighted by Crippen LogP contribution is -2.47. The molecule has 0 spiro atoms. The molecule has 2 heterocycles. The highest BCUT2D eigenvalue weighted by Gasteiger charge is 2.18.